The fourth-order valence-electron chi connectivity index (χ4n) is 10.7. The van der Waals surface area contributed by atoms with Crippen LogP contribution in [-0.4, -0.2) is 4.57 Å². The van der Waals surface area contributed by atoms with Crippen LogP contribution >= 0.6 is 0 Å². The van der Waals surface area contributed by atoms with Gasteiger partial charge in [0.1, 0.15) is 0 Å². The maximum absolute atomic E-state index is 4.12. The second-order valence-electron chi connectivity index (χ2n) is 17.4. The largest absolute Gasteiger partial charge is 0.310 e. The van der Waals surface area contributed by atoms with Crippen LogP contribution in [0.5, 0.6) is 0 Å². The van der Waals surface area contributed by atoms with Gasteiger partial charge in [0.25, 0.3) is 0 Å². The Bertz CT molecular complexity index is 3570. The van der Waals surface area contributed by atoms with Gasteiger partial charge in [-0.2, -0.15) is 0 Å². The number of aromatic nitrogens is 1. The Morgan fingerprint density at radius 3 is 1.51 bits per heavy atom. The first-order valence-electron chi connectivity index (χ1n) is 23.0. The van der Waals surface area contributed by atoms with Crippen LogP contribution in [0, 0.1) is 0 Å². The highest BCUT2D eigenvalue weighted by Gasteiger charge is 2.48. The van der Waals surface area contributed by atoms with Gasteiger partial charge in [-0.05, 0) is 122 Å². The summed E-state index contributed by atoms with van der Waals surface area (Å²) in [4.78, 5) is 2.50. The molecule has 0 saturated heterocycles. The minimum Gasteiger partial charge on any atom is -0.310 e. The van der Waals surface area contributed by atoms with Crippen LogP contribution in [0.1, 0.15) is 33.4 Å². The van der Waals surface area contributed by atoms with Crippen LogP contribution in [0.3, 0.4) is 0 Å². The zero-order valence-corrected chi connectivity index (χ0v) is 37.1. The van der Waals surface area contributed by atoms with E-state index in [1.54, 1.807) is 0 Å². The zero-order chi connectivity index (χ0) is 44.9. The first-order chi connectivity index (χ1) is 33.1. The number of hydrogen-bond acceptors (Lipinski definition) is 1. The number of benzene rings is 10. The molecule has 11 aromatic rings. The maximum Gasteiger partial charge on any atom is 0.0734 e. The molecule has 67 heavy (non-hydrogen) atoms. The molecule has 0 unspecified atom stereocenters. The molecule has 1 aliphatic rings. The van der Waals surface area contributed by atoms with Crippen molar-refractivity contribution in [3.05, 3.63) is 289 Å². The molecule has 0 saturated carbocycles. The third-order valence-corrected chi connectivity index (χ3v) is 13.8. The lowest BCUT2D eigenvalue weighted by Gasteiger charge is -2.38. The van der Waals surface area contributed by atoms with Gasteiger partial charge in [-0.1, -0.05) is 207 Å². The van der Waals surface area contributed by atoms with Gasteiger partial charge >= 0.3 is 0 Å². The molecule has 1 heterocycles. The average molecular weight is 855 g/mol. The highest BCUT2D eigenvalue weighted by molar-refractivity contribution is 6.12. The predicted molar refractivity (Wildman–Crippen MR) is 284 cm³/mol. The molecular weight excluding hydrogens is 809 g/mol. The van der Waals surface area contributed by atoms with E-state index in [4.69, 9.17) is 0 Å². The average Bonchev–Trinajstić information content (AvgIpc) is 3.90. The molecule has 0 radical (unpaired) electrons. The number of anilines is 3. The first-order valence-corrected chi connectivity index (χ1v) is 23.0. The minimum atomic E-state index is -0.678. The Labute approximate surface area is 392 Å². The van der Waals surface area contributed by atoms with Gasteiger partial charge in [-0.25, -0.2) is 0 Å². The third kappa shape index (κ3) is 6.49. The smallest absolute Gasteiger partial charge is 0.0734 e. The summed E-state index contributed by atoms with van der Waals surface area (Å²) in [6.07, 6.45) is 3.84. The van der Waals surface area contributed by atoms with Crippen molar-refractivity contribution in [1.82, 2.24) is 4.57 Å². The lowest BCUT2D eigenvalue weighted by molar-refractivity contribution is 0.768. The second-order valence-corrected chi connectivity index (χ2v) is 17.4. The number of para-hydroxylation sites is 1. The summed E-state index contributed by atoms with van der Waals surface area (Å²) in [6.45, 7) is 8.23. The summed E-state index contributed by atoms with van der Waals surface area (Å²) in [7, 11) is 0. The minimum absolute atomic E-state index is 0.678. The molecule has 0 bridgehead atoms. The third-order valence-electron chi connectivity index (χ3n) is 13.8. The molecule has 316 valence electrons. The summed E-state index contributed by atoms with van der Waals surface area (Å²) >= 11 is 0. The van der Waals surface area contributed by atoms with Crippen LogP contribution in [0.4, 0.5) is 17.1 Å². The van der Waals surface area contributed by atoms with Crippen molar-refractivity contribution in [3.8, 4) is 39.1 Å². The van der Waals surface area contributed by atoms with E-state index in [-0.39, 0.29) is 0 Å². The summed E-state index contributed by atoms with van der Waals surface area (Å²) in [5.41, 5.74) is 20.2. The first kappa shape index (κ1) is 39.8. The highest BCUT2D eigenvalue weighted by Crippen LogP contribution is 2.60. The van der Waals surface area contributed by atoms with Gasteiger partial charge in [-0.3, -0.25) is 0 Å². The van der Waals surface area contributed by atoms with Crippen LogP contribution < -0.4 is 4.90 Å². The van der Waals surface area contributed by atoms with Gasteiger partial charge in [0.05, 0.1) is 22.1 Å². The van der Waals surface area contributed by atoms with E-state index in [2.05, 4.69) is 265 Å². The number of fused-ring (bicyclic) bond motifs is 6. The van der Waals surface area contributed by atoms with E-state index in [1.165, 1.54) is 66.4 Å². The summed E-state index contributed by atoms with van der Waals surface area (Å²) in [5, 5.41) is 2.38. The lowest BCUT2D eigenvalue weighted by atomic mass is 9.67. The van der Waals surface area contributed by atoms with Crippen molar-refractivity contribution < 1.29 is 0 Å². The van der Waals surface area contributed by atoms with E-state index in [9.17, 15) is 0 Å². The summed E-state index contributed by atoms with van der Waals surface area (Å²) in [6, 6.07) is 89.0. The molecular formula is C65H46N2. The summed E-state index contributed by atoms with van der Waals surface area (Å²) in [5.74, 6) is 0. The quantitative estimate of drug-likeness (QED) is 0.133. The molecule has 0 amide bonds. The SMILES string of the molecule is C=Cc1ccc(C2(c3ccc(C=C)cc3)c3ccccc3-c3cccc(N(c4ccc(-c5ccccc5)cc4)c4ccc5c(c4)c4cc(-c6ccccc6)ccc4n5-c4ccccc4)c32)cc1. The molecule has 0 fully saturated rings. The Hall–Kier alpha value is -8.72. The lowest BCUT2D eigenvalue weighted by Crippen LogP contribution is -2.30. The van der Waals surface area contributed by atoms with Crippen molar-refractivity contribution in [2.75, 3.05) is 4.90 Å². The van der Waals surface area contributed by atoms with Gasteiger partial charge in [0.15, 0.2) is 0 Å². The zero-order valence-electron chi connectivity index (χ0n) is 37.1. The van der Waals surface area contributed by atoms with E-state index in [0.717, 1.165) is 44.9 Å². The molecule has 0 atom stereocenters. The molecule has 2 heteroatoms. The van der Waals surface area contributed by atoms with Gasteiger partial charge in [0, 0.05) is 33.4 Å². The number of hydrogen-bond donors (Lipinski definition) is 0. The fraction of sp³-hybridized carbons (Fsp3) is 0.0154. The van der Waals surface area contributed by atoms with Crippen LogP contribution in [0.2, 0.25) is 0 Å². The predicted octanol–water partition coefficient (Wildman–Crippen LogP) is 17.2. The maximum atomic E-state index is 4.12. The topological polar surface area (TPSA) is 8.17 Å². The van der Waals surface area contributed by atoms with Gasteiger partial charge in [-0.15, -0.1) is 0 Å². The molecule has 0 N–H and O–H groups in total. The van der Waals surface area contributed by atoms with Crippen molar-refractivity contribution >= 4 is 51.0 Å². The number of rotatable bonds is 10. The van der Waals surface area contributed by atoms with E-state index < -0.39 is 5.41 Å². The molecule has 2 nitrogen and oxygen atoms in total. The Kier molecular flexibility index (Phi) is 9.73. The van der Waals surface area contributed by atoms with Gasteiger partial charge in [0.2, 0.25) is 0 Å². The molecule has 1 aromatic heterocycles. The second kappa shape index (κ2) is 16.4. The normalized spacial score (nSPS) is 12.4. The van der Waals surface area contributed by atoms with Crippen molar-refractivity contribution in [2.24, 2.45) is 0 Å². The molecule has 0 spiro atoms. The molecule has 1 aliphatic carbocycles. The van der Waals surface area contributed by atoms with Gasteiger partial charge < -0.3 is 9.47 Å². The molecule has 0 aliphatic heterocycles. The Morgan fingerprint density at radius 1 is 0.388 bits per heavy atom. The van der Waals surface area contributed by atoms with Crippen LogP contribution in [0.15, 0.2) is 256 Å². The highest BCUT2D eigenvalue weighted by atomic mass is 15.1. The molecule has 12 rings (SSSR count). The van der Waals surface area contributed by atoms with E-state index in [0.29, 0.717) is 0 Å². The van der Waals surface area contributed by atoms with Crippen LogP contribution in [0.25, 0.3) is 73.0 Å². The summed E-state index contributed by atoms with van der Waals surface area (Å²) < 4.78 is 2.41. The Morgan fingerprint density at radius 2 is 0.881 bits per heavy atom. The Balaban J connectivity index is 1.17. The fourth-order valence-corrected chi connectivity index (χ4v) is 10.7. The van der Waals surface area contributed by atoms with Crippen molar-refractivity contribution in [2.45, 2.75) is 5.41 Å². The molecule has 10 aromatic carbocycles. The number of nitrogens with zero attached hydrogens (tertiary/aromatic N) is 2. The van der Waals surface area contributed by atoms with E-state index >= 15 is 0 Å². The van der Waals surface area contributed by atoms with E-state index in [1.807, 2.05) is 12.2 Å². The monoisotopic (exact) mass is 854 g/mol. The van der Waals surface area contributed by atoms with Crippen molar-refractivity contribution in [3.63, 3.8) is 0 Å². The van der Waals surface area contributed by atoms with Crippen molar-refractivity contribution in [1.29, 1.82) is 0 Å². The van der Waals surface area contributed by atoms with Crippen LogP contribution in [-0.2, 0) is 5.41 Å². The standard InChI is InChI=1S/C65H46N2/c1-3-45-27-34-51(35-28-45)65(52-36-29-46(4-2)30-37-52)60-25-15-14-23-56(60)57-24-16-26-63(64(57)65)66(54-38-31-49(32-39-54)47-17-8-5-9-18-47)55-40-42-62-59(44-55)58-43-50(48-19-10-6-11-20-48)33-41-61(58)67(62)53-21-12-7-13-22-53/h3-44H,1-2H2.